The fraction of sp³-hybridized carbons (Fsp3) is 0.407. The van der Waals surface area contributed by atoms with Crippen LogP contribution in [0.3, 0.4) is 0 Å². The first-order chi connectivity index (χ1) is 16.6. The maximum absolute atomic E-state index is 13.6. The number of rotatable bonds is 9. The summed E-state index contributed by atoms with van der Waals surface area (Å²) in [4.78, 5) is 17.7. The Bertz CT molecular complexity index is 1080. The molecular formula is C27H33N3O4. The summed E-state index contributed by atoms with van der Waals surface area (Å²) in [7, 11) is 3.24. The summed E-state index contributed by atoms with van der Waals surface area (Å²) in [6, 6.07) is 17.6. The summed E-state index contributed by atoms with van der Waals surface area (Å²) < 4.78 is 16.6. The highest BCUT2D eigenvalue weighted by Crippen LogP contribution is 2.35. The molecule has 1 aliphatic heterocycles. The van der Waals surface area contributed by atoms with E-state index in [0.717, 1.165) is 42.1 Å². The van der Waals surface area contributed by atoms with Crippen LogP contribution in [0.15, 0.2) is 59.1 Å². The van der Waals surface area contributed by atoms with E-state index in [0.29, 0.717) is 37.1 Å². The topological polar surface area (TPSA) is 68.0 Å². The van der Waals surface area contributed by atoms with Crippen molar-refractivity contribution >= 4 is 11.8 Å². The van der Waals surface area contributed by atoms with Crippen LogP contribution in [0.2, 0.25) is 0 Å². The van der Waals surface area contributed by atoms with Gasteiger partial charge in [0.05, 0.1) is 25.8 Å². The number of hydrogen-bond acceptors (Lipinski definition) is 6. The van der Waals surface area contributed by atoms with Gasteiger partial charge in [0.1, 0.15) is 11.4 Å². The minimum Gasteiger partial charge on any atom is -0.497 e. The van der Waals surface area contributed by atoms with Gasteiger partial charge in [-0.1, -0.05) is 41.6 Å². The summed E-state index contributed by atoms with van der Waals surface area (Å²) in [5.74, 6) is 1.32. The van der Waals surface area contributed by atoms with Crippen molar-refractivity contribution in [3.8, 4) is 17.0 Å². The Kier molecular flexibility index (Phi) is 7.85. The molecule has 1 atom stereocenters. The molecule has 0 spiro atoms. The molecule has 2 aromatic carbocycles. The van der Waals surface area contributed by atoms with Gasteiger partial charge in [-0.05, 0) is 44.4 Å². The van der Waals surface area contributed by atoms with Crippen LogP contribution in [0.4, 0.5) is 5.88 Å². The highest BCUT2D eigenvalue weighted by Gasteiger charge is 2.30. The largest absolute Gasteiger partial charge is 0.497 e. The lowest BCUT2D eigenvalue weighted by molar-refractivity contribution is 0.0680. The molecule has 1 amide bonds. The molecular weight excluding hydrogens is 430 g/mol. The average molecular weight is 464 g/mol. The number of piperidine rings is 1. The third-order valence-electron chi connectivity index (χ3n) is 6.40. The van der Waals surface area contributed by atoms with Crippen LogP contribution >= 0.6 is 0 Å². The second-order valence-electron chi connectivity index (χ2n) is 8.67. The number of methoxy groups -OCH3 is 2. The molecule has 1 saturated heterocycles. The van der Waals surface area contributed by atoms with Crippen LogP contribution in [-0.2, 0) is 11.3 Å². The molecule has 180 valence electrons. The van der Waals surface area contributed by atoms with Crippen molar-refractivity contribution in [2.75, 3.05) is 38.8 Å². The van der Waals surface area contributed by atoms with Gasteiger partial charge in [-0.2, -0.15) is 0 Å². The molecule has 0 aliphatic carbocycles. The Labute approximate surface area is 201 Å². The molecule has 1 fully saturated rings. The van der Waals surface area contributed by atoms with Crippen LogP contribution in [0.5, 0.6) is 5.75 Å². The zero-order valence-electron chi connectivity index (χ0n) is 20.2. The van der Waals surface area contributed by atoms with Gasteiger partial charge >= 0.3 is 0 Å². The van der Waals surface area contributed by atoms with Gasteiger partial charge in [0, 0.05) is 37.4 Å². The lowest BCUT2D eigenvalue weighted by Gasteiger charge is -2.34. The van der Waals surface area contributed by atoms with E-state index < -0.39 is 0 Å². The van der Waals surface area contributed by atoms with Crippen LogP contribution in [0.1, 0.15) is 42.1 Å². The van der Waals surface area contributed by atoms with E-state index in [1.807, 2.05) is 48.5 Å². The molecule has 2 heterocycles. The molecule has 7 nitrogen and oxygen atoms in total. The zero-order chi connectivity index (χ0) is 23.9. The third kappa shape index (κ3) is 5.25. The average Bonchev–Trinajstić information content (AvgIpc) is 3.30. The second-order valence-corrected chi connectivity index (χ2v) is 8.67. The smallest absolute Gasteiger partial charge is 0.254 e. The SMILES string of the molecule is COCCN(Cc1c(-c2ccccc2)noc1N1CCCC[C@H]1C)C(=O)c1cccc(OC)c1. The Morgan fingerprint density at radius 2 is 1.97 bits per heavy atom. The number of carbonyl (C=O) groups excluding carboxylic acids is 1. The number of benzene rings is 2. The lowest BCUT2D eigenvalue weighted by Crippen LogP contribution is -2.39. The number of anilines is 1. The summed E-state index contributed by atoms with van der Waals surface area (Å²) in [5, 5.41) is 4.48. The number of nitrogens with zero attached hydrogens (tertiary/aromatic N) is 3. The maximum Gasteiger partial charge on any atom is 0.254 e. The molecule has 1 aliphatic rings. The number of aromatic nitrogens is 1. The van der Waals surface area contributed by atoms with E-state index in [4.69, 9.17) is 14.0 Å². The monoisotopic (exact) mass is 463 g/mol. The van der Waals surface area contributed by atoms with Gasteiger partial charge < -0.3 is 23.8 Å². The van der Waals surface area contributed by atoms with Crippen molar-refractivity contribution in [3.05, 3.63) is 65.7 Å². The summed E-state index contributed by atoms with van der Waals surface area (Å²) >= 11 is 0. The highest BCUT2D eigenvalue weighted by molar-refractivity contribution is 5.94. The van der Waals surface area contributed by atoms with Crippen molar-refractivity contribution in [1.29, 1.82) is 0 Å². The fourth-order valence-corrected chi connectivity index (χ4v) is 4.47. The van der Waals surface area contributed by atoms with E-state index in [1.54, 1.807) is 25.2 Å². The molecule has 0 N–H and O–H groups in total. The Morgan fingerprint density at radius 1 is 1.15 bits per heavy atom. The Morgan fingerprint density at radius 3 is 2.71 bits per heavy atom. The first kappa shape index (κ1) is 23.8. The standard InChI is InChI=1S/C27H33N3O4/c1-20-10-7-8-15-30(20)27-24(25(28-34-27)21-11-5-4-6-12-21)19-29(16-17-32-2)26(31)22-13-9-14-23(18-22)33-3/h4-6,9,11-14,18,20H,7-8,10,15-17,19H2,1-3H3/t20-/m1/s1. The lowest BCUT2D eigenvalue weighted by atomic mass is 10.0. The fourth-order valence-electron chi connectivity index (χ4n) is 4.47. The van der Waals surface area contributed by atoms with E-state index in [1.165, 1.54) is 6.42 Å². The first-order valence-corrected chi connectivity index (χ1v) is 11.8. The molecule has 7 heteroatoms. The van der Waals surface area contributed by atoms with Crippen molar-refractivity contribution in [2.45, 2.75) is 38.8 Å². The van der Waals surface area contributed by atoms with Crippen molar-refractivity contribution in [3.63, 3.8) is 0 Å². The van der Waals surface area contributed by atoms with E-state index in [-0.39, 0.29) is 5.91 Å². The van der Waals surface area contributed by atoms with Gasteiger partial charge in [-0.25, -0.2) is 0 Å². The van der Waals surface area contributed by atoms with Gasteiger partial charge in [0.2, 0.25) is 5.88 Å². The number of hydrogen-bond donors (Lipinski definition) is 0. The Hall–Kier alpha value is -3.32. The van der Waals surface area contributed by atoms with Gasteiger partial charge in [-0.3, -0.25) is 4.79 Å². The van der Waals surface area contributed by atoms with E-state index in [2.05, 4.69) is 17.0 Å². The van der Waals surface area contributed by atoms with Crippen molar-refractivity contribution in [1.82, 2.24) is 10.1 Å². The predicted octanol–water partition coefficient (Wildman–Crippen LogP) is 5.02. The van der Waals surface area contributed by atoms with Gasteiger partial charge in [0.15, 0.2) is 0 Å². The van der Waals surface area contributed by atoms with Gasteiger partial charge in [-0.15, -0.1) is 0 Å². The summed E-state index contributed by atoms with van der Waals surface area (Å²) in [5.41, 5.74) is 3.24. The number of ether oxygens (including phenoxy) is 2. The Balaban J connectivity index is 1.73. The highest BCUT2D eigenvalue weighted by atomic mass is 16.5. The predicted molar refractivity (Wildman–Crippen MR) is 132 cm³/mol. The first-order valence-electron chi connectivity index (χ1n) is 11.8. The van der Waals surface area contributed by atoms with Crippen LogP contribution in [0, 0.1) is 0 Å². The molecule has 0 radical (unpaired) electrons. The molecule has 0 unspecified atom stereocenters. The third-order valence-corrected chi connectivity index (χ3v) is 6.40. The molecule has 34 heavy (non-hydrogen) atoms. The molecule has 0 saturated carbocycles. The van der Waals surface area contributed by atoms with Gasteiger partial charge in [0.25, 0.3) is 5.91 Å². The zero-order valence-corrected chi connectivity index (χ0v) is 20.2. The second kappa shape index (κ2) is 11.2. The summed E-state index contributed by atoms with van der Waals surface area (Å²) in [6.45, 7) is 4.38. The minimum absolute atomic E-state index is 0.0891. The van der Waals surface area contributed by atoms with Crippen LogP contribution in [0.25, 0.3) is 11.3 Å². The van der Waals surface area contributed by atoms with Crippen LogP contribution in [-0.4, -0.2) is 55.9 Å². The summed E-state index contributed by atoms with van der Waals surface area (Å²) in [6.07, 6.45) is 3.43. The maximum atomic E-state index is 13.6. The molecule has 4 rings (SSSR count). The normalized spacial score (nSPS) is 15.9. The molecule has 0 bridgehead atoms. The van der Waals surface area contributed by atoms with Crippen molar-refractivity contribution in [2.24, 2.45) is 0 Å². The van der Waals surface area contributed by atoms with E-state index >= 15 is 0 Å². The minimum atomic E-state index is -0.0891. The number of carbonyl (C=O) groups is 1. The molecule has 1 aromatic heterocycles. The van der Waals surface area contributed by atoms with E-state index in [9.17, 15) is 4.79 Å². The van der Waals surface area contributed by atoms with Crippen LogP contribution < -0.4 is 9.64 Å². The quantitative estimate of drug-likeness (QED) is 0.444. The number of amides is 1. The molecule has 3 aromatic rings. The van der Waals surface area contributed by atoms with Crippen molar-refractivity contribution < 1.29 is 18.8 Å².